The minimum Gasteiger partial charge on any atom is -0.508 e. The van der Waals surface area contributed by atoms with E-state index in [0.29, 0.717) is 12.0 Å². The van der Waals surface area contributed by atoms with E-state index in [4.69, 9.17) is 9.47 Å². The van der Waals surface area contributed by atoms with Gasteiger partial charge < -0.3 is 29.9 Å². The molecule has 5 unspecified atom stereocenters. The summed E-state index contributed by atoms with van der Waals surface area (Å²) < 4.78 is 10.6. The Morgan fingerprint density at radius 1 is 1.39 bits per heavy atom. The van der Waals surface area contributed by atoms with Gasteiger partial charge in [0.25, 0.3) is 0 Å². The molecule has 0 saturated carbocycles. The third kappa shape index (κ3) is 3.55. The number of methoxy groups -OCH3 is 1. The van der Waals surface area contributed by atoms with E-state index in [9.17, 15) is 25.2 Å². The van der Waals surface area contributed by atoms with Crippen LogP contribution in [0, 0.1) is 11.3 Å². The van der Waals surface area contributed by atoms with Crippen LogP contribution in [0.4, 0.5) is 0 Å². The summed E-state index contributed by atoms with van der Waals surface area (Å²) in [5.41, 5.74) is 1.74. The number of fused-ring (bicyclic) bond motifs is 1. The number of hydrogen-bond donors (Lipinski definition) is 4. The number of rotatable bonds is 4. The molecule has 1 fully saturated rings. The predicted molar refractivity (Wildman–Crippen MR) is 101 cm³/mol. The van der Waals surface area contributed by atoms with Gasteiger partial charge in [-0.3, -0.25) is 4.79 Å². The van der Waals surface area contributed by atoms with Gasteiger partial charge in [-0.2, -0.15) is 0 Å². The second-order valence-corrected chi connectivity index (χ2v) is 7.90. The van der Waals surface area contributed by atoms with Crippen LogP contribution in [0.15, 0.2) is 46.8 Å². The van der Waals surface area contributed by atoms with Crippen molar-refractivity contribution in [1.29, 1.82) is 0 Å². The van der Waals surface area contributed by atoms with Crippen molar-refractivity contribution in [2.45, 2.75) is 51.1 Å². The van der Waals surface area contributed by atoms with Gasteiger partial charge in [-0.15, -0.1) is 0 Å². The van der Waals surface area contributed by atoms with E-state index in [2.05, 4.69) is 0 Å². The average Bonchev–Trinajstić information content (AvgIpc) is 2.68. The third-order valence-corrected chi connectivity index (χ3v) is 5.95. The van der Waals surface area contributed by atoms with E-state index in [1.54, 1.807) is 13.0 Å². The molecule has 1 aliphatic heterocycles. The first-order valence-corrected chi connectivity index (χ1v) is 9.47. The molecule has 0 radical (unpaired) electrons. The fourth-order valence-corrected chi connectivity index (χ4v) is 4.20. The molecule has 3 aliphatic rings. The molecule has 2 aliphatic carbocycles. The smallest absolute Gasteiger partial charge is 0.312 e. The van der Waals surface area contributed by atoms with Crippen LogP contribution in [0.5, 0.6) is 0 Å². The monoisotopic (exact) mass is 392 g/mol. The summed E-state index contributed by atoms with van der Waals surface area (Å²) in [4.78, 5) is 11.9. The van der Waals surface area contributed by atoms with E-state index in [0.717, 1.165) is 11.1 Å². The van der Waals surface area contributed by atoms with E-state index >= 15 is 0 Å². The van der Waals surface area contributed by atoms with Crippen LogP contribution in [-0.2, 0) is 14.3 Å². The first kappa shape index (κ1) is 20.8. The Labute approximate surface area is 164 Å². The Balaban J connectivity index is 1.98. The highest BCUT2D eigenvalue weighted by atomic mass is 16.5. The van der Waals surface area contributed by atoms with E-state index in [-0.39, 0.29) is 18.1 Å². The van der Waals surface area contributed by atoms with Gasteiger partial charge in [0.05, 0.1) is 31.8 Å². The molecule has 0 amide bonds. The van der Waals surface area contributed by atoms with Crippen molar-refractivity contribution < 1.29 is 34.7 Å². The molecule has 7 heteroatoms. The number of aliphatic hydroxyl groups excluding tert-OH is 4. The van der Waals surface area contributed by atoms with Crippen LogP contribution < -0.4 is 0 Å². The second kappa shape index (κ2) is 7.83. The lowest BCUT2D eigenvalue weighted by Gasteiger charge is -2.42. The number of carbonyl (C=O) groups excluding carboxylic acids is 1. The predicted octanol–water partition coefficient (Wildman–Crippen LogP) is 1.31. The molecule has 0 spiro atoms. The number of aliphatic hydroxyl groups is 4. The third-order valence-electron chi connectivity index (χ3n) is 5.95. The normalized spacial score (nSPS) is 36.4. The van der Waals surface area contributed by atoms with Crippen molar-refractivity contribution in [3.05, 3.63) is 46.8 Å². The van der Waals surface area contributed by atoms with Crippen LogP contribution >= 0.6 is 0 Å². The maximum atomic E-state index is 11.9. The zero-order valence-electron chi connectivity index (χ0n) is 16.3. The zero-order valence-corrected chi connectivity index (χ0v) is 16.3. The van der Waals surface area contributed by atoms with Crippen molar-refractivity contribution in [1.82, 2.24) is 0 Å². The Kier molecular flexibility index (Phi) is 5.82. The Morgan fingerprint density at radius 2 is 2.11 bits per heavy atom. The highest BCUT2D eigenvalue weighted by Gasteiger charge is 2.43. The molecule has 4 N–H and O–H groups in total. The molecule has 154 valence electrons. The van der Waals surface area contributed by atoms with Gasteiger partial charge in [0.2, 0.25) is 0 Å². The van der Waals surface area contributed by atoms with Gasteiger partial charge in [0, 0.05) is 17.4 Å². The number of ether oxygens (including phenoxy) is 2. The van der Waals surface area contributed by atoms with Crippen molar-refractivity contribution in [3.63, 3.8) is 0 Å². The molecular formula is C21H28O7. The molecular weight excluding hydrogens is 364 g/mol. The number of esters is 1. The number of carbonyl (C=O) groups is 1. The van der Waals surface area contributed by atoms with Crippen LogP contribution in [0.2, 0.25) is 0 Å². The zero-order chi connectivity index (χ0) is 20.6. The van der Waals surface area contributed by atoms with Crippen molar-refractivity contribution >= 4 is 5.97 Å². The van der Waals surface area contributed by atoms with Crippen molar-refractivity contribution in [2.24, 2.45) is 11.3 Å². The van der Waals surface area contributed by atoms with Gasteiger partial charge in [0.1, 0.15) is 18.0 Å². The van der Waals surface area contributed by atoms with Crippen molar-refractivity contribution in [2.75, 3.05) is 13.7 Å². The van der Waals surface area contributed by atoms with Gasteiger partial charge in [-0.1, -0.05) is 25.2 Å². The average molecular weight is 392 g/mol. The molecule has 3 rings (SSSR count). The van der Waals surface area contributed by atoms with Crippen LogP contribution in [0.25, 0.3) is 0 Å². The molecule has 6 atom stereocenters. The van der Waals surface area contributed by atoms with Gasteiger partial charge in [-0.05, 0) is 30.6 Å². The van der Waals surface area contributed by atoms with Crippen LogP contribution in [0.3, 0.4) is 0 Å². The van der Waals surface area contributed by atoms with Gasteiger partial charge >= 0.3 is 5.97 Å². The van der Waals surface area contributed by atoms with Gasteiger partial charge in [0.15, 0.2) is 0 Å². The first-order chi connectivity index (χ1) is 13.2. The highest BCUT2D eigenvalue weighted by molar-refractivity contribution is 5.76. The fourth-order valence-electron chi connectivity index (χ4n) is 4.20. The molecule has 28 heavy (non-hydrogen) atoms. The molecule has 0 bridgehead atoms. The quantitative estimate of drug-likeness (QED) is 0.533. The molecule has 7 nitrogen and oxygen atoms in total. The van der Waals surface area contributed by atoms with Crippen LogP contribution in [0.1, 0.15) is 26.7 Å². The Morgan fingerprint density at radius 3 is 2.75 bits per heavy atom. The summed E-state index contributed by atoms with van der Waals surface area (Å²) in [5.74, 6) is -0.663. The topological polar surface area (TPSA) is 116 Å². The standard InChI is InChI=1S/C21H28O7/c1-11(20(26)27-3)12-4-5-13-18(14(23)6-7-21(13,2)9-12)16-8-15(24)19(25)17(10-22)28-16/h4-6,9,11,15-17,19,22-25H,7-8,10H2,1-3H3/t11-,15?,16?,17?,19?,21?/m0/s1. The minimum atomic E-state index is -1.18. The number of hydrogen-bond acceptors (Lipinski definition) is 7. The maximum Gasteiger partial charge on any atom is 0.312 e. The first-order valence-electron chi connectivity index (χ1n) is 9.47. The lowest BCUT2D eigenvalue weighted by Crippen LogP contribution is -2.51. The van der Waals surface area contributed by atoms with Crippen molar-refractivity contribution in [3.8, 4) is 0 Å². The van der Waals surface area contributed by atoms with Gasteiger partial charge in [-0.25, -0.2) is 0 Å². The van der Waals surface area contributed by atoms with E-state index in [1.807, 2.05) is 25.2 Å². The molecule has 0 aromatic rings. The summed E-state index contributed by atoms with van der Waals surface area (Å²) in [6.45, 7) is 3.36. The summed E-state index contributed by atoms with van der Waals surface area (Å²) >= 11 is 0. The van der Waals surface area contributed by atoms with E-state index in [1.165, 1.54) is 7.11 Å². The molecule has 0 aromatic heterocycles. The molecule has 1 heterocycles. The minimum absolute atomic E-state index is 0.0697. The number of allylic oxidation sites excluding steroid dienone is 5. The Hall–Kier alpha value is -1.93. The SMILES string of the molecule is COC(=O)[C@@H](C)C1=CC2(C)CC=C(O)C(C3CC(O)C(O)C(CO)O3)=C2C=C1. The largest absolute Gasteiger partial charge is 0.508 e. The second-order valence-electron chi connectivity index (χ2n) is 7.90. The summed E-state index contributed by atoms with van der Waals surface area (Å²) in [6.07, 6.45) is 4.20. The summed E-state index contributed by atoms with van der Waals surface area (Å²) in [5, 5.41) is 40.2. The lowest BCUT2D eigenvalue weighted by molar-refractivity contribution is -0.170. The molecule has 1 saturated heterocycles. The maximum absolute atomic E-state index is 11.9. The highest BCUT2D eigenvalue weighted by Crippen LogP contribution is 2.47. The summed E-state index contributed by atoms with van der Waals surface area (Å²) in [6, 6.07) is 0. The molecule has 0 aromatic carbocycles. The summed E-state index contributed by atoms with van der Waals surface area (Å²) in [7, 11) is 1.36. The van der Waals surface area contributed by atoms with Crippen LogP contribution in [-0.4, -0.2) is 64.5 Å². The Bertz CT molecular complexity index is 763. The lowest BCUT2D eigenvalue weighted by atomic mass is 9.67. The fraction of sp³-hybridized carbons (Fsp3) is 0.571. The van der Waals surface area contributed by atoms with E-state index < -0.39 is 42.4 Å².